The average molecular weight is 1220 g/mol. The van der Waals surface area contributed by atoms with Crippen molar-refractivity contribution >= 4 is 115 Å². The van der Waals surface area contributed by atoms with Crippen LogP contribution in [0.2, 0.25) is 0 Å². The number of para-hydroxylation sites is 4. The minimum absolute atomic E-state index is 0.0000576. The van der Waals surface area contributed by atoms with Crippen molar-refractivity contribution in [1.82, 2.24) is 9.97 Å². The molecule has 4 aliphatic heterocycles. The summed E-state index contributed by atoms with van der Waals surface area (Å²) in [5.41, 5.74) is 42.4. The standard InChI is InChI=1S/C85H81B2N7/c1-50-40-52(3)76(53(4)41-50)68-47-74-78-80(89-68)93(56-24-16-14-17-25-56)72-49-73-67(46-66(72)86(78)64-28-20-22-30-70(64)91(74)58-32-34-60-62(44-58)84(11,12)37-36-82(60,7)8)87-65-29-21-23-31-71(65)92(59-33-35-61-63(45-59)85(13,88)39-38-83(61,9)10)75-48-69(77-54(5)42-51(2)43-55(77)6)90-81(79(75)87)94(73)57-26-18-15-19-27-57/h14-35,40-49H,36-39,88H2,1-13H3. The number of nitrogens with two attached hydrogens (primary N) is 1. The van der Waals surface area contributed by atoms with Crippen molar-refractivity contribution in [3.05, 3.63) is 250 Å². The fourth-order valence-electron chi connectivity index (χ4n) is 18.0. The summed E-state index contributed by atoms with van der Waals surface area (Å²) in [5.74, 6) is 1.86. The van der Waals surface area contributed by atoms with Gasteiger partial charge in [0, 0.05) is 73.5 Å². The summed E-state index contributed by atoms with van der Waals surface area (Å²) < 4.78 is 0. The molecule has 0 radical (unpaired) electrons. The van der Waals surface area contributed by atoms with Gasteiger partial charge in [-0.1, -0.05) is 168 Å². The molecule has 462 valence electrons. The number of aryl methyl sites for hydroxylation is 6. The average Bonchev–Trinajstić information content (AvgIpc) is 0.683. The Bertz CT molecular complexity index is 4690. The van der Waals surface area contributed by atoms with Gasteiger partial charge in [0.15, 0.2) is 0 Å². The highest BCUT2D eigenvalue weighted by atomic mass is 15.3. The van der Waals surface area contributed by atoms with Gasteiger partial charge in [-0.2, -0.15) is 0 Å². The van der Waals surface area contributed by atoms with Gasteiger partial charge in [-0.15, -0.1) is 0 Å². The summed E-state index contributed by atoms with van der Waals surface area (Å²) in [6.45, 7) is 29.8. The lowest BCUT2D eigenvalue weighted by atomic mass is 9.30. The number of nitrogens with zero attached hydrogens (tertiary/aromatic N) is 6. The van der Waals surface area contributed by atoms with E-state index < -0.39 is 5.54 Å². The van der Waals surface area contributed by atoms with Crippen molar-refractivity contribution in [2.75, 3.05) is 19.6 Å². The maximum absolute atomic E-state index is 7.44. The van der Waals surface area contributed by atoms with Gasteiger partial charge < -0.3 is 15.5 Å². The number of anilines is 12. The third-order valence-electron chi connectivity index (χ3n) is 22.6. The molecule has 2 aromatic heterocycles. The molecule has 6 heterocycles. The number of pyridine rings is 2. The van der Waals surface area contributed by atoms with Crippen LogP contribution < -0.4 is 58.1 Å². The van der Waals surface area contributed by atoms with Crippen LogP contribution in [0.3, 0.4) is 0 Å². The van der Waals surface area contributed by atoms with E-state index >= 15 is 0 Å². The number of hydrogen-bond donors (Lipinski definition) is 1. The van der Waals surface area contributed by atoms with Crippen LogP contribution in [0.15, 0.2) is 194 Å². The number of hydrogen-bond acceptors (Lipinski definition) is 7. The van der Waals surface area contributed by atoms with E-state index in [1.807, 2.05) is 0 Å². The summed E-state index contributed by atoms with van der Waals surface area (Å²) in [4.78, 5) is 22.4. The quantitative estimate of drug-likeness (QED) is 0.166. The van der Waals surface area contributed by atoms with Gasteiger partial charge >= 0.3 is 0 Å². The molecular weight excluding hydrogens is 1140 g/mol. The molecule has 0 saturated carbocycles. The van der Waals surface area contributed by atoms with Crippen molar-refractivity contribution in [3.8, 4) is 22.5 Å². The maximum Gasteiger partial charge on any atom is 0.254 e. The van der Waals surface area contributed by atoms with Crippen LogP contribution in [0.25, 0.3) is 22.5 Å². The topological polar surface area (TPSA) is 64.8 Å². The smallest absolute Gasteiger partial charge is 0.254 e. The molecule has 11 aromatic rings. The predicted octanol–water partition coefficient (Wildman–Crippen LogP) is 17.4. The van der Waals surface area contributed by atoms with Crippen molar-refractivity contribution in [3.63, 3.8) is 0 Å². The Morgan fingerprint density at radius 2 is 0.713 bits per heavy atom. The van der Waals surface area contributed by atoms with Crippen LogP contribution >= 0.6 is 0 Å². The Morgan fingerprint density at radius 1 is 0.330 bits per heavy atom. The Hall–Kier alpha value is -9.43. The van der Waals surface area contributed by atoms with E-state index in [1.165, 1.54) is 105 Å². The predicted molar refractivity (Wildman–Crippen MR) is 398 cm³/mol. The summed E-state index contributed by atoms with van der Waals surface area (Å²) in [5, 5.41) is 0. The van der Waals surface area contributed by atoms with E-state index in [-0.39, 0.29) is 29.7 Å². The van der Waals surface area contributed by atoms with E-state index in [4.69, 9.17) is 15.7 Å². The van der Waals surface area contributed by atoms with Gasteiger partial charge in [-0.05, 0) is 247 Å². The molecule has 94 heavy (non-hydrogen) atoms. The largest absolute Gasteiger partial charge is 0.322 e. The SMILES string of the molecule is Cc1cc(C)c(-c2cc3c4c(n2)N(c2ccccc2)c2cc5c(cc2B4c2ccccc2N3c2ccc3c(c2)C(C)(C)CCC3(C)C)B2c3ccccc3N(c3ccc4c(c3)C(C)(N)CCC4(C)C)c3cc(-c4c(C)cc(C)cc4C)nc(c32)N5c2ccccc2)c(C)c1. The van der Waals surface area contributed by atoms with Crippen molar-refractivity contribution in [2.45, 2.75) is 137 Å². The second kappa shape index (κ2) is 20.5. The summed E-state index contributed by atoms with van der Waals surface area (Å²) in [6.07, 6.45) is 4.23. The first kappa shape index (κ1) is 58.4. The maximum atomic E-state index is 7.44. The minimum Gasteiger partial charge on any atom is -0.322 e. The first-order valence-electron chi connectivity index (χ1n) is 34.1. The molecule has 6 aliphatic rings. The molecule has 0 amide bonds. The molecular formula is C85H81B2N7. The molecule has 9 heteroatoms. The van der Waals surface area contributed by atoms with Gasteiger partial charge in [0.25, 0.3) is 13.4 Å². The second-order valence-electron chi connectivity index (χ2n) is 30.6. The van der Waals surface area contributed by atoms with Gasteiger partial charge in [0.2, 0.25) is 0 Å². The lowest BCUT2D eigenvalue weighted by Gasteiger charge is -2.47. The van der Waals surface area contributed by atoms with Crippen molar-refractivity contribution in [2.24, 2.45) is 5.73 Å². The van der Waals surface area contributed by atoms with Crippen LogP contribution in [-0.4, -0.2) is 23.4 Å². The molecule has 0 bridgehead atoms. The highest BCUT2D eigenvalue weighted by Crippen LogP contribution is 2.54. The molecule has 2 N–H and O–H groups in total. The molecule has 1 atom stereocenters. The second-order valence-corrected chi connectivity index (χ2v) is 30.6. The Labute approximate surface area is 556 Å². The summed E-state index contributed by atoms with van der Waals surface area (Å²) in [7, 11) is 0. The van der Waals surface area contributed by atoms with E-state index in [0.717, 1.165) is 99.8 Å². The molecule has 0 spiro atoms. The molecule has 0 fully saturated rings. The number of aromatic nitrogens is 2. The monoisotopic (exact) mass is 1220 g/mol. The first-order chi connectivity index (χ1) is 45.1. The molecule has 17 rings (SSSR count). The lowest BCUT2D eigenvalue weighted by molar-refractivity contribution is 0.319. The molecule has 7 nitrogen and oxygen atoms in total. The zero-order valence-corrected chi connectivity index (χ0v) is 56.7. The minimum atomic E-state index is -0.495. The van der Waals surface area contributed by atoms with Gasteiger partial charge in [0.1, 0.15) is 11.6 Å². The van der Waals surface area contributed by atoms with Crippen LogP contribution in [0.5, 0.6) is 0 Å². The normalized spacial score (nSPS) is 17.9. The molecule has 9 aromatic carbocycles. The Morgan fingerprint density at radius 3 is 1.16 bits per heavy atom. The van der Waals surface area contributed by atoms with Crippen molar-refractivity contribution in [1.29, 1.82) is 0 Å². The number of rotatable bonds is 6. The first-order valence-corrected chi connectivity index (χ1v) is 34.1. The number of fused-ring (bicyclic) bond motifs is 10. The third kappa shape index (κ3) is 8.61. The van der Waals surface area contributed by atoms with Gasteiger partial charge in [-0.3, -0.25) is 9.80 Å². The van der Waals surface area contributed by atoms with Gasteiger partial charge in [0.05, 0.1) is 11.4 Å². The highest BCUT2D eigenvalue weighted by molar-refractivity contribution is 7.03. The van der Waals surface area contributed by atoms with Crippen LogP contribution in [0.1, 0.15) is 130 Å². The van der Waals surface area contributed by atoms with E-state index in [1.54, 1.807) is 0 Å². The highest BCUT2D eigenvalue weighted by Gasteiger charge is 2.51. The van der Waals surface area contributed by atoms with Crippen molar-refractivity contribution < 1.29 is 0 Å². The molecule has 0 saturated heterocycles. The van der Waals surface area contributed by atoms with Crippen LogP contribution in [0, 0.1) is 41.5 Å². The fourth-order valence-corrected chi connectivity index (χ4v) is 18.0. The van der Waals surface area contributed by atoms with Crippen LogP contribution in [-0.2, 0) is 21.8 Å². The van der Waals surface area contributed by atoms with E-state index in [2.05, 4.69) is 304 Å². The fraction of sp³-hybridized carbons (Fsp3) is 0.247. The molecule has 2 aliphatic carbocycles. The summed E-state index contributed by atoms with van der Waals surface area (Å²) >= 11 is 0. The van der Waals surface area contributed by atoms with E-state index in [0.29, 0.717) is 0 Å². The lowest BCUT2D eigenvalue weighted by Crippen LogP contribution is -2.65. The van der Waals surface area contributed by atoms with Crippen LogP contribution in [0.4, 0.5) is 68.5 Å². The number of benzene rings is 9. The Balaban J connectivity index is 0.985. The Kier molecular flexibility index (Phi) is 12.8. The van der Waals surface area contributed by atoms with E-state index in [9.17, 15) is 0 Å². The third-order valence-corrected chi connectivity index (χ3v) is 22.6. The van der Waals surface area contributed by atoms with Gasteiger partial charge in [-0.25, -0.2) is 9.97 Å². The zero-order chi connectivity index (χ0) is 64.8. The molecule has 1 unspecified atom stereocenters. The zero-order valence-electron chi connectivity index (χ0n) is 56.7. The summed E-state index contributed by atoms with van der Waals surface area (Å²) in [6, 6.07) is 74.4.